The second kappa shape index (κ2) is 11.5. The summed E-state index contributed by atoms with van der Waals surface area (Å²) in [5, 5.41) is 0. The lowest BCUT2D eigenvalue weighted by molar-refractivity contribution is 0.0344. The Bertz CT molecular complexity index is 639. The molecule has 2 aromatic carbocycles. The van der Waals surface area contributed by atoms with Crippen LogP contribution in [-0.2, 0) is 4.74 Å². The van der Waals surface area contributed by atoms with Gasteiger partial charge in [0, 0.05) is 39.3 Å². The third kappa shape index (κ3) is 7.51. The molecule has 1 fully saturated rings. The van der Waals surface area contributed by atoms with E-state index in [2.05, 4.69) is 94.8 Å². The quantitative estimate of drug-likeness (QED) is 0.669. The molecule has 0 unspecified atom stereocenters. The molecular formula is C24H30N2O. The molecule has 1 aliphatic rings. The van der Waals surface area contributed by atoms with Crippen molar-refractivity contribution in [2.75, 3.05) is 52.5 Å². The molecule has 3 heteroatoms. The smallest absolute Gasteiger partial charge is 0.0594 e. The maximum Gasteiger partial charge on any atom is 0.0594 e. The second-order valence-corrected chi connectivity index (χ2v) is 6.84. The van der Waals surface area contributed by atoms with Gasteiger partial charge in [0.15, 0.2) is 0 Å². The van der Waals surface area contributed by atoms with Gasteiger partial charge >= 0.3 is 0 Å². The molecule has 0 amide bonds. The normalized spacial score (nSPS) is 15.9. The van der Waals surface area contributed by atoms with Gasteiger partial charge in [0.1, 0.15) is 0 Å². The number of hydrogen-bond donors (Lipinski definition) is 0. The summed E-state index contributed by atoms with van der Waals surface area (Å²) in [5.41, 5.74) is 2.51. The molecule has 0 spiro atoms. The van der Waals surface area contributed by atoms with E-state index in [0.717, 1.165) is 52.5 Å². The third-order valence-corrected chi connectivity index (χ3v) is 4.78. The summed E-state index contributed by atoms with van der Waals surface area (Å²) < 4.78 is 5.46. The molecule has 142 valence electrons. The molecule has 1 heterocycles. The molecule has 0 bridgehead atoms. The van der Waals surface area contributed by atoms with E-state index in [4.69, 9.17) is 4.74 Å². The van der Waals surface area contributed by atoms with Gasteiger partial charge in [-0.25, -0.2) is 0 Å². The van der Waals surface area contributed by atoms with E-state index >= 15 is 0 Å². The van der Waals surface area contributed by atoms with Gasteiger partial charge < -0.3 is 4.74 Å². The number of rotatable bonds is 9. The first-order chi connectivity index (χ1) is 13.4. The lowest BCUT2D eigenvalue weighted by Gasteiger charge is -2.29. The van der Waals surface area contributed by atoms with Crippen molar-refractivity contribution in [2.45, 2.75) is 0 Å². The molecule has 0 radical (unpaired) electrons. The fourth-order valence-corrected chi connectivity index (χ4v) is 3.17. The summed E-state index contributed by atoms with van der Waals surface area (Å²) in [6.07, 6.45) is 8.96. The van der Waals surface area contributed by atoms with Crippen molar-refractivity contribution < 1.29 is 4.74 Å². The summed E-state index contributed by atoms with van der Waals surface area (Å²) in [6.45, 7) is 7.90. The third-order valence-electron chi connectivity index (χ3n) is 4.78. The van der Waals surface area contributed by atoms with Crippen molar-refractivity contribution in [1.29, 1.82) is 0 Å². The van der Waals surface area contributed by atoms with Crippen molar-refractivity contribution >= 4 is 12.2 Å². The summed E-state index contributed by atoms with van der Waals surface area (Å²) in [5.74, 6) is 0. The standard InChI is InChI=1S/C24H30N2O/c1-3-9-23(10-4-1)13-7-15-25(17-18-26-19-21-27-22-20-26)16-8-14-24-11-5-2-6-12-24/h1-14H,15-22H2/b13-7+,14-8+. The summed E-state index contributed by atoms with van der Waals surface area (Å²) >= 11 is 0. The van der Waals surface area contributed by atoms with Crippen LogP contribution >= 0.6 is 0 Å². The van der Waals surface area contributed by atoms with Gasteiger partial charge in [-0.05, 0) is 11.1 Å². The Kier molecular flexibility index (Phi) is 8.33. The zero-order chi connectivity index (χ0) is 18.6. The Morgan fingerprint density at radius 3 is 1.81 bits per heavy atom. The minimum Gasteiger partial charge on any atom is -0.379 e. The Labute approximate surface area is 163 Å². The van der Waals surface area contributed by atoms with Gasteiger partial charge in [-0.2, -0.15) is 0 Å². The summed E-state index contributed by atoms with van der Waals surface area (Å²) in [7, 11) is 0. The molecule has 0 aromatic heterocycles. The molecule has 0 N–H and O–H groups in total. The minimum atomic E-state index is 0.863. The van der Waals surface area contributed by atoms with Crippen LogP contribution < -0.4 is 0 Å². The first kappa shape index (κ1) is 19.6. The van der Waals surface area contributed by atoms with Crippen LogP contribution in [0.3, 0.4) is 0 Å². The largest absolute Gasteiger partial charge is 0.379 e. The number of nitrogens with zero attached hydrogens (tertiary/aromatic N) is 2. The Morgan fingerprint density at radius 1 is 0.778 bits per heavy atom. The van der Waals surface area contributed by atoms with Crippen molar-refractivity contribution in [3.63, 3.8) is 0 Å². The van der Waals surface area contributed by atoms with Crippen molar-refractivity contribution in [2.24, 2.45) is 0 Å². The van der Waals surface area contributed by atoms with Gasteiger partial charge in [0.05, 0.1) is 13.2 Å². The number of morpholine rings is 1. The van der Waals surface area contributed by atoms with Crippen LogP contribution in [0, 0.1) is 0 Å². The molecule has 1 saturated heterocycles. The topological polar surface area (TPSA) is 15.7 Å². The highest BCUT2D eigenvalue weighted by Crippen LogP contribution is 2.04. The SMILES string of the molecule is C(=C\c1ccccc1)/CN(C/C=C/c1ccccc1)CCN1CCOCC1. The van der Waals surface area contributed by atoms with Crippen molar-refractivity contribution in [1.82, 2.24) is 9.80 Å². The Hall–Kier alpha value is -2.20. The van der Waals surface area contributed by atoms with Crippen molar-refractivity contribution in [3.8, 4) is 0 Å². The van der Waals surface area contributed by atoms with E-state index in [9.17, 15) is 0 Å². The average Bonchev–Trinajstić information content (AvgIpc) is 2.74. The number of ether oxygens (including phenoxy) is 1. The Balaban J connectivity index is 1.53. The van der Waals surface area contributed by atoms with E-state index in [1.165, 1.54) is 11.1 Å². The van der Waals surface area contributed by atoms with E-state index in [0.29, 0.717) is 0 Å². The van der Waals surface area contributed by atoms with E-state index in [-0.39, 0.29) is 0 Å². The zero-order valence-corrected chi connectivity index (χ0v) is 16.0. The van der Waals surface area contributed by atoms with Crippen molar-refractivity contribution in [3.05, 3.63) is 83.9 Å². The Morgan fingerprint density at radius 2 is 1.30 bits per heavy atom. The first-order valence-electron chi connectivity index (χ1n) is 9.86. The number of hydrogen-bond acceptors (Lipinski definition) is 3. The fraction of sp³-hybridized carbons (Fsp3) is 0.333. The van der Waals surface area contributed by atoms with Gasteiger partial charge in [0.25, 0.3) is 0 Å². The zero-order valence-electron chi connectivity index (χ0n) is 16.0. The minimum absolute atomic E-state index is 0.863. The maximum absolute atomic E-state index is 5.46. The van der Waals surface area contributed by atoms with Gasteiger partial charge in [-0.1, -0.05) is 85.0 Å². The van der Waals surface area contributed by atoms with Gasteiger partial charge in [-0.15, -0.1) is 0 Å². The maximum atomic E-state index is 5.46. The molecule has 3 rings (SSSR count). The van der Waals surface area contributed by atoms with Gasteiger partial charge in [-0.3, -0.25) is 9.80 Å². The van der Waals surface area contributed by atoms with Crippen LogP contribution in [-0.4, -0.2) is 62.3 Å². The van der Waals surface area contributed by atoms with Crippen LogP contribution in [0.25, 0.3) is 12.2 Å². The van der Waals surface area contributed by atoms with Crippen LogP contribution in [0.1, 0.15) is 11.1 Å². The molecule has 0 atom stereocenters. The van der Waals surface area contributed by atoms with Crippen LogP contribution in [0.5, 0.6) is 0 Å². The predicted molar refractivity (Wildman–Crippen MR) is 115 cm³/mol. The molecule has 27 heavy (non-hydrogen) atoms. The highest BCUT2D eigenvalue weighted by atomic mass is 16.5. The highest BCUT2D eigenvalue weighted by molar-refractivity contribution is 5.49. The van der Waals surface area contributed by atoms with Crippen LogP contribution in [0.15, 0.2) is 72.8 Å². The summed E-state index contributed by atoms with van der Waals surface area (Å²) in [4.78, 5) is 4.99. The van der Waals surface area contributed by atoms with E-state index in [1.807, 2.05) is 0 Å². The predicted octanol–water partition coefficient (Wildman–Crippen LogP) is 4.05. The number of benzene rings is 2. The van der Waals surface area contributed by atoms with E-state index < -0.39 is 0 Å². The molecule has 0 saturated carbocycles. The monoisotopic (exact) mass is 362 g/mol. The lowest BCUT2D eigenvalue weighted by atomic mass is 10.2. The lowest BCUT2D eigenvalue weighted by Crippen LogP contribution is -2.41. The second-order valence-electron chi connectivity index (χ2n) is 6.84. The first-order valence-corrected chi connectivity index (χ1v) is 9.86. The average molecular weight is 363 g/mol. The molecular weight excluding hydrogens is 332 g/mol. The highest BCUT2D eigenvalue weighted by Gasteiger charge is 2.11. The summed E-state index contributed by atoms with van der Waals surface area (Å²) in [6, 6.07) is 21.0. The molecule has 0 aliphatic carbocycles. The van der Waals surface area contributed by atoms with E-state index in [1.54, 1.807) is 0 Å². The molecule has 3 nitrogen and oxygen atoms in total. The van der Waals surface area contributed by atoms with Crippen LogP contribution in [0.2, 0.25) is 0 Å². The fourth-order valence-electron chi connectivity index (χ4n) is 3.17. The van der Waals surface area contributed by atoms with Crippen LogP contribution in [0.4, 0.5) is 0 Å². The van der Waals surface area contributed by atoms with Gasteiger partial charge in [0.2, 0.25) is 0 Å². The molecule has 1 aliphatic heterocycles. The molecule has 2 aromatic rings.